The Balaban J connectivity index is 4.73. The van der Waals surface area contributed by atoms with Crippen LogP contribution in [0.3, 0.4) is 0 Å². The number of aliphatic hydroxyl groups is 1. The van der Waals surface area contributed by atoms with Gasteiger partial charge in [-0.2, -0.15) is 5.26 Å². The normalized spacial score (nSPS) is 12.0. The van der Waals surface area contributed by atoms with Crippen molar-refractivity contribution in [3.05, 3.63) is 0 Å². The van der Waals surface area contributed by atoms with Crippen molar-refractivity contribution in [2.75, 3.05) is 13.2 Å². The van der Waals surface area contributed by atoms with Gasteiger partial charge in [0, 0.05) is 12.0 Å². The van der Waals surface area contributed by atoms with Gasteiger partial charge in [-0.3, -0.25) is 4.79 Å². The van der Waals surface area contributed by atoms with Crippen molar-refractivity contribution in [1.29, 1.82) is 5.26 Å². The maximum Gasteiger partial charge on any atom is 0.240 e. The van der Waals surface area contributed by atoms with E-state index in [1.807, 2.05) is 27.7 Å². The summed E-state index contributed by atoms with van der Waals surface area (Å²) in [4.78, 5) is 12.1. The zero-order valence-corrected chi connectivity index (χ0v) is 12.0. The number of amides is 1. The molecule has 2 N–H and O–H groups in total. The number of nitrogens with one attached hydrogen (secondary N) is 1. The molecular formula is C14H26N2O2. The lowest BCUT2D eigenvalue weighted by Crippen LogP contribution is -2.45. The van der Waals surface area contributed by atoms with Gasteiger partial charge in [0.05, 0.1) is 12.7 Å². The van der Waals surface area contributed by atoms with Crippen LogP contribution in [0.4, 0.5) is 0 Å². The second-order valence-corrected chi connectivity index (χ2v) is 4.95. The summed E-state index contributed by atoms with van der Waals surface area (Å²) in [5, 5.41) is 21.5. The van der Waals surface area contributed by atoms with Crippen molar-refractivity contribution in [2.24, 2.45) is 10.8 Å². The van der Waals surface area contributed by atoms with Crippen LogP contribution in [0, 0.1) is 22.2 Å². The van der Waals surface area contributed by atoms with E-state index in [1.165, 1.54) is 0 Å². The molecular weight excluding hydrogens is 228 g/mol. The number of hydrogen-bond donors (Lipinski definition) is 2. The Morgan fingerprint density at radius 2 is 1.67 bits per heavy atom. The van der Waals surface area contributed by atoms with Crippen molar-refractivity contribution < 1.29 is 9.90 Å². The number of aliphatic hydroxyl groups excluding tert-OH is 1. The van der Waals surface area contributed by atoms with Gasteiger partial charge in [-0.15, -0.1) is 0 Å². The van der Waals surface area contributed by atoms with E-state index in [0.29, 0.717) is 19.4 Å². The van der Waals surface area contributed by atoms with Crippen molar-refractivity contribution in [3.63, 3.8) is 0 Å². The van der Waals surface area contributed by atoms with Gasteiger partial charge in [-0.1, -0.05) is 27.7 Å². The second-order valence-electron chi connectivity index (χ2n) is 4.95. The molecule has 1 amide bonds. The van der Waals surface area contributed by atoms with E-state index in [9.17, 15) is 15.2 Å². The molecule has 4 nitrogen and oxygen atoms in total. The van der Waals surface area contributed by atoms with E-state index in [0.717, 1.165) is 12.8 Å². The molecule has 0 rings (SSSR count). The van der Waals surface area contributed by atoms with Gasteiger partial charge in [-0.25, -0.2) is 0 Å². The number of nitrogens with zero attached hydrogens (tertiary/aromatic N) is 1. The number of hydrogen-bond acceptors (Lipinski definition) is 3. The maximum atomic E-state index is 12.1. The Kier molecular flexibility index (Phi) is 6.93. The highest BCUT2D eigenvalue weighted by Crippen LogP contribution is 2.28. The van der Waals surface area contributed by atoms with Crippen LogP contribution in [0.5, 0.6) is 0 Å². The molecule has 0 atom stereocenters. The Labute approximate surface area is 110 Å². The maximum absolute atomic E-state index is 12.1. The molecule has 104 valence electrons. The molecule has 0 bridgehead atoms. The summed E-state index contributed by atoms with van der Waals surface area (Å²) in [6.07, 6.45) is 2.63. The minimum atomic E-state index is -0.928. The fourth-order valence-corrected chi connectivity index (χ4v) is 2.00. The van der Waals surface area contributed by atoms with E-state index < -0.39 is 5.41 Å². The van der Waals surface area contributed by atoms with Gasteiger partial charge in [0.1, 0.15) is 5.41 Å². The van der Waals surface area contributed by atoms with Gasteiger partial charge in [0.15, 0.2) is 0 Å². The molecule has 0 aromatic rings. The average molecular weight is 254 g/mol. The quantitative estimate of drug-likeness (QED) is 0.697. The van der Waals surface area contributed by atoms with Crippen LogP contribution in [0.1, 0.15) is 53.4 Å². The highest BCUT2D eigenvalue weighted by Gasteiger charge is 2.36. The van der Waals surface area contributed by atoms with Crippen molar-refractivity contribution in [2.45, 2.75) is 53.4 Å². The Morgan fingerprint density at radius 3 is 1.94 bits per heavy atom. The summed E-state index contributed by atoms with van der Waals surface area (Å²) >= 11 is 0. The van der Waals surface area contributed by atoms with E-state index in [1.54, 1.807) is 0 Å². The SMILES string of the molecule is CCC(CC)(CO)CNC(=O)C(C#N)(CC)CC. The molecule has 4 heteroatoms. The standard InChI is InChI=1S/C14H26N2O2/c1-5-13(6-2,11-17)10-16-12(18)14(7-3,8-4)9-15/h17H,5-8,10-11H2,1-4H3,(H,16,18). The van der Waals surface area contributed by atoms with Crippen LogP contribution < -0.4 is 5.32 Å². The number of rotatable bonds is 8. The monoisotopic (exact) mass is 254 g/mol. The second kappa shape index (κ2) is 7.38. The van der Waals surface area contributed by atoms with Gasteiger partial charge < -0.3 is 10.4 Å². The molecule has 0 heterocycles. The highest BCUT2D eigenvalue weighted by atomic mass is 16.3. The summed E-state index contributed by atoms with van der Waals surface area (Å²) in [5.41, 5.74) is -1.19. The zero-order chi connectivity index (χ0) is 14.2. The van der Waals surface area contributed by atoms with E-state index >= 15 is 0 Å². The number of carbonyl (C=O) groups is 1. The smallest absolute Gasteiger partial charge is 0.240 e. The summed E-state index contributed by atoms with van der Waals surface area (Å²) in [6.45, 7) is 8.19. The molecule has 0 unspecified atom stereocenters. The molecule has 0 radical (unpaired) electrons. The van der Waals surface area contributed by atoms with E-state index in [2.05, 4.69) is 11.4 Å². The summed E-state index contributed by atoms with van der Waals surface area (Å²) in [7, 11) is 0. The molecule has 0 aromatic carbocycles. The first-order chi connectivity index (χ1) is 8.49. The zero-order valence-electron chi connectivity index (χ0n) is 12.0. The van der Waals surface area contributed by atoms with Crippen LogP contribution in [0.15, 0.2) is 0 Å². The first kappa shape index (κ1) is 16.9. The van der Waals surface area contributed by atoms with Gasteiger partial charge in [0.25, 0.3) is 0 Å². The average Bonchev–Trinajstić information content (AvgIpc) is 2.43. The molecule has 0 saturated carbocycles. The third-order valence-corrected chi connectivity index (χ3v) is 4.32. The van der Waals surface area contributed by atoms with Crippen molar-refractivity contribution in [3.8, 4) is 6.07 Å². The van der Waals surface area contributed by atoms with Crippen molar-refractivity contribution in [1.82, 2.24) is 5.32 Å². The minimum absolute atomic E-state index is 0.0537. The summed E-state index contributed by atoms with van der Waals surface area (Å²) in [5.74, 6) is -0.213. The third-order valence-electron chi connectivity index (χ3n) is 4.32. The van der Waals surface area contributed by atoms with Crippen LogP contribution in [-0.4, -0.2) is 24.2 Å². The largest absolute Gasteiger partial charge is 0.396 e. The summed E-state index contributed by atoms with van der Waals surface area (Å²) in [6, 6.07) is 2.13. The van der Waals surface area contributed by atoms with Gasteiger partial charge in [0.2, 0.25) is 5.91 Å². The van der Waals surface area contributed by atoms with E-state index in [4.69, 9.17) is 0 Å². The Morgan fingerprint density at radius 1 is 1.17 bits per heavy atom. The third kappa shape index (κ3) is 3.46. The lowest BCUT2D eigenvalue weighted by Gasteiger charge is -2.31. The first-order valence-electron chi connectivity index (χ1n) is 6.80. The fourth-order valence-electron chi connectivity index (χ4n) is 2.00. The van der Waals surface area contributed by atoms with Crippen LogP contribution >= 0.6 is 0 Å². The molecule has 18 heavy (non-hydrogen) atoms. The molecule has 0 saturated heterocycles. The Bertz CT molecular complexity index is 291. The predicted molar refractivity (Wildman–Crippen MR) is 71.7 cm³/mol. The number of carbonyl (C=O) groups excluding carboxylic acids is 1. The molecule has 0 aliphatic rings. The van der Waals surface area contributed by atoms with Crippen molar-refractivity contribution >= 4 is 5.91 Å². The van der Waals surface area contributed by atoms with Crippen LogP contribution in [0.25, 0.3) is 0 Å². The van der Waals surface area contributed by atoms with Gasteiger partial charge in [-0.05, 0) is 25.7 Å². The molecule has 0 fully saturated rings. The lowest BCUT2D eigenvalue weighted by molar-refractivity contribution is -0.129. The minimum Gasteiger partial charge on any atom is -0.396 e. The molecule has 0 spiro atoms. The number of nitriles is 1. The topological polar surface area (TPSA) is 73.1 Å². The van der Waals surface area contributed by atoms with Crippen LogP contribution in [0.2, 0.25) is 0 Å². The molecule has 0 aliphatic carbocycles. The Hall–Kier alpha value is -1.08. The summed E-state index contributed by atoms with van der Waals surface area (Å²) < 4.78 is 0. The highest BCUT2D eigenvalue weighted by molar-refractivity contribution is 5.85. The lowest BCUT2D eigenvalue weighted by atomic mass is 9.80. The van der Waals surface area contributed by atoms with E-state index in [-0.39, 0.29) is 17.9 Å². The predicted octanol–water partition coefficient (Wildman–Crippen LogP) is 2.23. The van der Waals surface area contributed by atoms with Gasteiger partial charge >= 0.3 is 0 Å². The molecule has 0 aromatic heterocycles. The fraction of sp³-hybridized carbons (Fsp3) is 0.857. The van der Waals surface area contributed by atoms with Crippen LogP contribution in [-0.2, 0) is 4.79 Å². The molecule has 0 aliphatic heterocycles. The first-order valence-corrected chi connectivity index (χ1v) is 6.80.